The first kappa shape index (κ1) is 19.0. The molecule has 0 atom stereocenters. The second-order valence-corrected chi connectivity index (χ2v) is 7.25. The van der Waals surface area contributed by atoms with Crippen molar-refractivity contribution in [2.75, 3.05) is 31.1 Å². The van der Waals surface area contributed by atoms with E-state index in [0.717, 1.165) is 10.6 Å². The first-order chi connectivity index (χ1) is 12.9. The van der Waals surface area contributed by atoms with Crippen molar-refractivity contribution in [2.45, 2.75) is 0 Å². The number of amides is 1. The Balaban J connectivity index is 1.66. The average Bonchev–Trinajstić information content (AvgIpc) is 3.15. The number of piperazine rings is 1. The largest absolute Gasteiger partial charge is 0.370 e. The molecule has 0 spiro atoms. The van der Waals surface area contributed by atoms with E-state index in [1.165, 1.54) is 11.3 Å². The van der Waals surface area contributed by atoms with Gasteiger partial charge in [0, 0.05) is 26.2 Å². The van der Waals surface area contributed by atoms with Gasteiger partial charge in [-0.2, -0.15) is 4.99 Å². The van der Waals surface area contributed by atoms with Crippen LogP contribution in [0.3, 0.4) is 0 Å². The zero-order chi connectivity index (χ0) is 19.4. The quantitative estimate of drug-likeness (QED) is 0.527. The topological polar surface area (TPSA) is 126 Å². The van der Waals surface area contributed by atoms with Crippen molar-refractivity contribution >= 4 is 52.1 Å². The molecule has 1 fully saturated rings. The number of anilines is 1. The summed E-state index contributed by atoms with van der Waals surface area (Å²) in [6.07, 6.45) is 0. The lowest BCUT2D eigenvalue weighted by Crippen LogP contribution is -2.48. The van der Waals surface area contributed by atoms with Crippen molar-refractivity contribution in [3.63, 3.8) is 0 Å². The molecule has 1 aromatic heterocycles. The van der Waals surface area contributed by atoms with E-state index < -0.39 is 0 Å². The van der Waals surface area contributed by atoms with Crippen LogP contribution >= 0.6 is 22.9 Å². The number of nitrogens with zero attached hydrogens (tertiary/aromatic N) is 4. The van der Waals surface area contributed by atoms with E-state index in [9.17, 15) is 4.79 Å². The molecule has 10 heteroatoms. The lowest BCUT2D eigenvalue weighted by atomic mass is 10.2. The summed E-state index contributed by atoms with van der Waals surface area (Å²) < 4.78 is 0. The average molecular weight is 406 g/mol. The second-order valence-electron chi connectivity index (χ2n) is 5.90. The number of carbonyl (C=O) groups excluding carboxylic acids is 1. The molecule has 27 heavy (non-hydrogen) atoms. The number of aliphatic imine (C=N–C) groups is 2. The van der Waals surface area contributed by atoms with Gasteiger partial charge in [0.05, 0.1) is 21.3 Å². The Labute approximate surface area is 165 Å². The van der Waals surface area contributed by atoms with Crippen LogP contribution in [-0.4, -0.2) is 48.9 Å². The van der Waals surface area contributed by atoms with E-state index in [2.05, 4.69) is 14.9 Å². The molecule has 0 unspecified atom stereocenters. The number of benzene rings is 1. The van der Waals surface area contributed by atoms with Gasteiger partial charge in [0.15, 0.2) is 5.96 Å². The summed E-state index contributed by atoms with van der Waals surface area (Å²) in [5, 5.41) is 2.46. The highest BCUT2D eigenvalue weighted by atomic mass is 35.5. The number of nitrogens with two attached hydrogens (primary N) is 3. The molecular weight excluding hydrogens is 386 g/mol. The molecule has 8 nitrogen and oxygen atoms in total. The maximum absolute atomic E-state index is 12.4. The van der Waals surface area contributed by atoms with Crippen LogP contribution in [0.15, 0.2) is 45.7 Å². The smallest absolute Gasteiger partial charge is 0.264 e. The minimum Gasteiger partial charge on any atom is -0.370 e. The first-order valence-electron chi connectivity index (χ1n) is 8.25. The van der Waals surface area contributed by atoms with E-state index in [1.54, 1.807) is 12.1 Å². The van der Waals surface area contributed by atoms with Crippen LogP contribution in [0.25, 0.3) is 0 Å². The number of carbonyl (C=O) groups is 1. The number of guanidine groups is 2. The Hall–Kier alpha value is -2.78. The summed E-state index contributed by atoms with van der Waals surface area (Å²) in [6, 6.07) is 9.11. The predicted molar refractivity (Wildman–Crippen MR) is 111 cm³/mol. The Morgan fingerprint density at radius 3 is 2.44 bits per heavy atom. The van der Waals surface area contributed by atoms with Crippen molar-refractivity contribution in [1.29, 1.82) is 0 Å². The monoisotopic (exact) mass is 405 g/mol. The zero-order valence-electron chi connectivity index (χ0n) is 14.5. The number of rotatable bonds is 3. The third-order valence-corrected chi connectivity index (χ3v) is 5.22. The summed E-state index contributed by atoms with van der Waals surface area (Å²) in [7, 11) is 0. The lowest BCUT2D eigenvalue weighted by molar-refractivity contribution is 0.0751. The molecule has 142 valence electrons. The molecule has 1 aliphatic rings. The molecule has 0 radical (unpaired) electrons. The highest BCUT2D eigenvalue weighted by molar-refractivity contribution is 7.12. The van der Waals surface area contributed by atoms with E-state index in [4.69, 9.17) is 28.8 Å². The maximum Gasteiger partial charge on any atom is 0.264 e. The highest BCUT2D eigenvalue weighted by Gasteiger charge is 2.23. The number of hydrogen-bond donors (Lipinski definition) is 3. The summed E-state index contributed by atoms with van der Waals surface area (Å²) in [6.45, 7) is 2.69. The van der Waals surface area contributed by atoms with Gasteiger partial charge >= 0.3 is 0 Å². The van der Waals surface area contributed by atoms with Crippen molar-refractivity contribution in [3.05, 3.63) is 45.6 Å². The van der Waals surface area contributed by atoms with Crippen molar-refractivity contribution < 1.29 is 4.79 Å². The fourth-order valence-corrected chi connectivity index (χ4v) is 3.80. The van der Waals surface area contributed by atoms with Crippen LogP contribution in [-0.2, 0) is 0 Å². The molecule has 3 rings (SSSR count). The molecule has 0 bridgehead atoms. The molecule has 1 amide bonds. The molecule has 6 N–H and O–H groups in total. The van der Waals surface area contributed by atoms with Crippen molar-refractivity contribution in [2.24, 2.45) is 27.2 Å². The molecule has 2 heterocycles. The molecule has 0 aliphatic carbocycles. The molecule has 1 saturated heterocycles. The van der Waals surface area contributed by atoms with Crippen LogP contribution in [0.1, 0.15) is 9.67 Å². The van der Waals surface area contributed by atoms with Gasteiger partial charge in [-0.25, -0.2) is 4.99 Å². The van der Waals surface area contributed by atoms with Gasteiger partial charge in [0.2, 0.25) is 5.96 Å². The minimum atomic E-state index is -0.158. The SMILES string of the molecule is NC(N)=NC(N)=Nc1ccc(N2CCN(C(=O)c3cccs3)CC2)c(Cl)c1. The Kier molecular flexibility index (Phi) is 5.82. The fourth-order valence-electron chi connectivity index (χ4n) is 2.82. The summed E-state index contributed by atoms with van der Waals surface area (Å²) in [5.74, 6) is -0.121. The minimum absolute atomic E-state index is 0.0421. The van der Waals surface area contributed by atoms with Crippen LogP contribution in [0.5, 0.6) is 0 Å². The normalized spacial score (nSPS) is 14.9. The van der Waals surface area contributed by atoms with Gasteiger partial charge in [0.1, 0.15) is 0 Å². The maximum atomic E-state index is 12.4. The molecule has 2 aromatic rings. The van der Waals surface area contributed by atoms with E-state index in [1.807, 2.05) is 28.5 Å². The van der Waals surface area contributed by atoms with Crippen LogP contribution in [0, 0.1) is 0 Å². The Morgan fingerprint density at radius 2 is 1.85 bits per heavy atom. The fraction of sp³-hybridized carbons (Fsp3) is 0.235. The standard InChI is InChI=1S/C17H20ClN7OS/c18-12-10-11(22-17(21)23-16(19)20)3-4-13(12)24-5-7-25(8-6-24)15(26)14-2-1-9-27-14/h1-4,9-10H,5-8H2,(H6,19,20,21,22,23). The Bertz CT molecular complexity index is 869. The third kappa shape index (κ3) is 4.69. The third-order valence-electron chi connectivity index (χ3n) is 4.06. The second kappa shape index (κ2) is 8.28. The van der Waals surface area contributed by atoms with Crippen LogP contribution in [0.2, 0.25) is 5.02 Å². The molecule has 0 saturated carbocycles. The van der Waals surface area contributed by atoms with Gasteiger partial charge in [0.25, 0.3) is 5.91 Å². The van der Waals surface area contributed by atoms with Crippen molar-refractivity contribution in [1.82, 2.24) is 4.90 Å². The molecule has 1 aliphatic heterocycles. The van der Waals surface area contributed by atoms with Crippen LogP contribution in [0.4, 0.5) is 11.4 Å². The Morgan fingerprint density at radius 1 is 1.11 bits per heavy atom. The van der Waals surface area contributed by atoms with Crippen LogP contribution < -0.4 is 22.1 Å². The van der Waals surface area contributed by atoms with Crippen molar-refractivity contribution in [3.8, 4) is 0 Å². The van der Waals surface area contributed by atoms with Gasteiger partial charge in [-0.05, 0) is 29.6 Å². The highest BCUT2D eigenvalue weighted by Crippen LogP contribution is 2.31. The number of halogens is 1. The summed E-state index contributed by atoms with van der Waals surface area (Å²) in [4.78, 5) is 25.0. The predicted octanol–water partition coefficient (Wildman–Crippen LogP) is 1.58. The number of thiophene rings is 1. The summed E-state index contributed by atoms with van der Waals surface area (Å²) >= 11 is 7.88. The lowest BCUT2D eigenvalue weighted by Gasteiger charge is -2.36. The van der Waals surface area contributed by atoms with Gasteiger partial charge in [-0.1, -0.05) is 17.7 Å². The van der Waals surface area contributed by atoms with Gasteiger partial charge in [-0.3, -0.25) is 4.79 Å². The van der Waals surface area contributed by atoms with E-state index in [0.29, 0.717) is 36.9 Å². The van der Waals surface area contributed by atoms with Gasteiger partial charge in [-0.15, -0.1) is 11.3 Å². The van der Waals surface area contributed by atoms with E-state index >= 15 is 0 Å². The summed E-state index contributed by atoms with van der Waals surface area (Å²) in [5.41, 5.74) is 17.6. The molecule has 1 aromatic carbocycles. The first-order valence-corrected chi connectivity index (χ1v) is 9.51. The zero-order valence-corrected chi connectivity index (χ0v) is 16.1. The van der Waals surface area contributed by atoms with Gasteiger partial charge < -0.3 is 27.0 Å². The molecular formula is C17H20ClN7OS. The number of hydrogen-bond acceptors (Lipinski definition) is 4. The van der Waals surface area contributed by atoms with E-state index in [-0.39, 0.29) is 17.8 Å².